The number of rotatable bonds is 6. The minimum absolute atomic E-state index is 0.0195. The first kappa shape index (κ1) is 18.0. The molecule has 132 valence electrons. The molecule has 26 heavy (non-hydrogen) atoms. The molecular weight excluding hydrogens is 420 g/mol. The van der Waals surface area contributed by atoms with Crippen molar-refractivity contribution in [2.75, 3.05) is 17.2 Å². The number of benzene rings is 2. The molecule has 0 spiro atoms. The fourth-order valence-corrected chi connectivity index (χ4v) is 3.16. The molecule has 2 aromatic carbocycles. The normalized spacial score (nSPS) is 10.3. The molecule has 0 aliphatic rings. The zero-order valence-electron chi connectivity index (χ0n) is 13.3. The van der Waals surface area contributed by atoms with Crippen LogP contribution in [0.15, 0.2) is 58.4 Å². The van der Waals surface area contributed by atoms with Gasteiger partial charge in [0.25, 0.3) is 5.69 Å². The topological polar surface area (TPSA) is 97.2 Å². The molecule has 2 N–H and O–H groups in total. The molecule has 3 rings (SSSR count). The molecule has 0 aliphatic carbocycles. The number of halogens is 1. The summed E-state index contributed by atoms with van der Waals surface area (Å²) in [6, 6.07) is 13.7. The van der Waals surface area contributed by atoms with Crippen LogP contribution >= 0.6 is 27.3 Å². The zero-order valence-corrected chi connectivity index (χ0v) is 15.7. The Balaban J connectivity index is 1.58. The lowest BCUT2D eigenvalue weighted by Crippen LogP contribution is -2.21. The lowest BCUT2D eigenvalue weighted by Gasteiger charge is -2.05. The summed E-state index contributed by atoms with van der Waals surface area (Å²) in [5.41, 5.74) is 2.21. The van der Waals surface area contributed by atoms with Crippen LogP contribution in [0.2, 0.25) is 0 Å². The number of carbonyl (C=O) groups excluding carboxylic acids is 1. The summed E-state index contributed by atoms with van der Waals surface area (Å²) in [5, 5.41) is 18.7. The van der Waals surface area contributed by atoms with Crippen molar-refractivity contribution in [3.8, 4) is 11.3 Å². The van der Waals surface area contributed by atoms with E-state index in [-0.39, 0.29) is 18.1 Å². The van der Waals surface area contributed by atoms with Gasteiger partial charge in [-0.25, -0.2) is 4.98 Å². The number of nitrogens with zero attached hydrogens (tertiary/aromatic N) is 2. The average Bonchev–Trinajstić information content (AvgIpc) is 3.09. The average molecular weight is 433 g/mol. The van der Waals surface area contributed by atoms with Crippen LogP contribution in [0.5, 0.6) is 0 Å². The molecule has 0 radical (unpaired) electrons. The van der Waals surface area contributed by atoms with Gasteiger partial charge in [-0.2, -0.15) is 0 Å². The second-order valence-electron chi connectivity index (χ2n) is 5.25. The Morgan fingerprint density at radius 3 is 2.73 bits per heavy atom. The lowest BCUT2D eigenvalue weighted by molar-refractivity contribution is -0.384. The largest absolute Gasteiger partial charge is 0.376 e. The Morgan fingerprint density at radius 2 is 2.00 bits per heavy atom. The van der Waals surface area contributed by atoms with Crippen molar-refractivity contribution in [2.45, 2.75) is 0 Å². The fraction of sp³-hybridized carbons (Fsp3) is 0.0588. The molecule has 0 atom stereocenters. The molecule has 0 aliphatic heterocycles. The van der Waals surface area contributed by atoms with E-state index in [2.05, 4.69) is 31.5 Å². The Labute approximate surface area is 161 Å². The number of thiazole rings is 1. The first-order valence-electron chi connectivity index (χ1n) is 7.51. The molecule has 0 saturated carbocycles. The fourth-order valence-electron chi connectivity index (χ4n) is 2.16. The maximum absolute atomic E-state index is 12.0. The zero-order chi connectivity index (χ0) is 18.5. The third-order valence-electron chi connectivity index (χ3n) is 3.40. The van der Waals surface area contributed by atoms with E-state index in [4.69, 9.17) is 0 Å². The molecular formula is C17H13BrN4O3S. The summed E-state index contributed by atoms with van der Waals surface area (Å²) >= 11 is 4.72. The van der Waals surface area contributed by atoms with E-state index in [1.54, 1.807) is 12.1 Å². The number of nitro groups is 1. The Bertz CT molecular complexity index is 943. The quantitative estimate of drug-likeness (QED) is 0.440. The molecule has 0 unspecified atom stereocenters. The number of amides is 1. The van der Waals surface area contributed by atoms with Crippen LogP contribution in [0.3, 0.4) is 0 Å². The monoisotopic (exact) mass is 432 g/mol. The number of nitro benzene ring substituents is 1. The van der Waals surface area contributed by atoms with Crippen LogP contribution in [0.25, 0.3) is 11.3 Å². The third-order valence-corrected chi connectivity index (χ3v) is 4.69. The number of hydrogen-bond donors (Lipinski definition) is 2. The van der Waals surface area contributed by atoms with Gasteiger partial charge in [0.15, 0.2) is 5.13 Å². The van der Waals surface area contributed by atoms with E-state index in [1.807, 2.05) is 29.6 Å². The molecule has 9 heteroatoms. The molecule has 1 heterocycles. The standard InChI is InChI=1S/C17H13BrN4O3S/c18-12-6-4-11(5-7-12)15-10-26-17(20-15)21-16(23)9-19-13-2-1-3-14(8-13)22(24)25/h1-8,10,19H,9H2,(H,20,21,23). The van der Waals surface area contributed by atoms with Crippen LogP contribution in [-0.2, 0) is 4.79 Å². The Kier molecular flexibility index (Phi) is 5.59. The molecule has 3 aromatic rings. The summed E-state index contributed by atoms with van der Waals surface area (Å²) in [6.45, 7) is -0.0195. The van der Waals surface area contributed by atoms with E-state index < -0.39 is 4.92 Å². The van der Waals surface area contributed by atoms with Gasteiger partial charge in [0, 0.05) is 33.2 Å². The van der Waals surface area contributed by atoms with Crippen LogP contribution in [-0.4, -0.2) is 22.4 Å². The molecule has 7 nitrogen and oxygen atoms in total. The van der Waals surface area contributed by atoms with Gasteiger partial charge in [0.2, 0.25) is 5.91 Å². The maximum atomic E-state index is 12.0. The molecule has 0 bridgehead atoms. The number of non-ortho nitro benzene ring substituents is 1. The lowest BCUT2D eigenvalue weighted by atomic mass is 10.2. The van der Waals surface area contributed by atoms with E-state index in [0.717, 1.165) is 15.7 Å². The SMILES string of the molecule is O=C(CNc1cccc([N+](=O)[O-])c1)Nc1nc(-c2ccc(Br)cc2)cs1. The smallest absolute Gasteiger partial charge is 0.271 e. The molecule has 0 saturated heterocycles. The molecule has 1 amide bonds. The molecule has 1 aromatic heterocycles. The minimum Gasteiger partial charge on any atom is -0.376 e. The van der Waals surface area contributed by atoms with E-state index in [9.17, 15) is 14.9 Å². The van der Waals surface area contributed by atoms with Crippen molar-refractivity contribution in [2.24, 2.45) is 0 Å². The van der Waals surface area contributed by atoms with Crippen molar-refractivity contribution >= 4 is 49.7 Å². The van der Waals surface area contributed by atoms with Crippen molar-refractivity contribution in [1.29, 1.82) is 0 Å². The van der Waals surface area contributed by atoms with Gasteiger partial charge in [-0.15, -0.1) is 11.3 Å². The van der Waals surface area contributed by atoms with Gasteiger partial charge >= 0.3 is 0 Å². The summed E-state index contributed by atoms with van der Waals surface area (Å²) in [4.78, 5) is 26.7. The van der Waals surface area contributed by atoms with Crippen LogP contribution in [0.4, 0.5) is 16.5 Å². The van der Waals surface area contributed by atoms with Crippen molar-refractivity contribution in [3.05, 3.63) is 68.5 Å². The highest BCUT2D eigenvalue weighted by Gasteiger charge is 2.09. The van der Waals surface area contributed by atoms with Gasteiger partial charge < -0.3 is 10.6 Å². The number of anilines is 2. The summed E-state index contributed by atoms with van der Waals surface area (Å²) < 4.78 is 0.984. The molecule has 0 fully saturated rings. The van der Waals surface area contributed by atoms with E-state index in [0.29, 0.717) is 10.8 Å². The number of carbonyl (C=O) groups is 1. The predicted molar refractivity (Wildman–Crippen MR) is 105 cm³/mol. The van der Waals surface area contributed by atoms with Crippen molar-refractivity contribution in [3.63, 3.8) is 0 Å². The van der Waals surface area contributed by atoms with Crippen molar-refractivity contribution < 1.29 is 9.72 Å². The number of hydrogen-bond acceptors (Lipinski definition) is 6. The number of aromatic nitrogens is 1. The van der Waals surface area contributed by atoms with Gasteiger partial charge in [-0.05, 0) is 18.2 Å². The highest BCUT2D eigenvalue weighted by Crippen LogP contribution is 2.26. The van der Waals surface area contributed by atoms with Gasteiger partial charge in [0.1, 0.15) is 0 Å². The highest BCUT2D eigenvalue weighted by atomic mass is 79.9. The van der Waals surface area contributed by atoms with Crippen molar-refractivity contribution in [1.82, 2.24) is 4.98 Å². The van der Waals surface area contributed by atoms with Gasteiger partial charge in [-0.1, -0.05) is 34.1 Å². The van der Waals surface area contributed by atoms with Crippen LogP contribution in [0.1, 0.15) is 0 Å². The summed E-state index contributed by atoms with van der Waals surface area (Å²) in [7, 11) is 0. The first-order chi connectivity index (χ1) is 12.5. The van der Waals surface area contributed by atoms with Gasteiger partial charge in [-0.3, -0.25) is 14.9 Å². The summed E-state index contributed by atoms with van der Waals surface area (Å²) in [6.07, 6.45) is 0. The highest BCUT2D eigenvalue weighted by molar-refractivity contribution is 9.10. The minimum atomic E-state index is -0.482. The van der Waals surface area contributed by atoms with E-state index in [1.165, 1.54) is 23.5 Å². The van der Waals surface area contributed by atoms with Crippen LogP contribution in [0, 0.1) is 10.1 Å². The van der Waals surface area contributed by atoms with E-state index >= 15 is 0 Å². The maximum Gasteiger partial charge on any atom is 0.271 e. The predicted octanol–water partition coefficient (Wildman–Crippen LogP) is 4.53. The second-order valence-corrected chi connectivity index (χ2v) is 7.03. The third kappa shape index (κ3) is 4.64. The Morgan fingerprint density at radius 1 is 1.23 bits per heavy atom. The summed E-state index contributed by atoms with van der Waals surface area (Å²) in [5.74, 6) is -0.284. The van der Waals surface area contributed by atoms with Gasteiger partial charge in [0.05, 0.1) is 17.2 Å². The number of nitrogens with one attached hydrogen (secondary N) is 2. The van der Waals surface area contributed by atoms with Crippen LogP contribution < -0.4 is 10.6 Å². The second kappa shape index (κ2) is 8.07. The Hall–Kier alpha value is -2.78. The first-order valence-corrected chi connectivity index (χ1v) is 9.18.